The molecule has 190 valence electrons. The molecule has 3 aromatic rings. The van der Waals surface area contributed by atoms with E-state index in [1.807, 2.05) is 12.1 Å². The first-order chi connectivity index (χ1) is 16.8. The van der Waals surface area contributed by atoms with Crippen molar-refractivity contribution in [3.05, 3.63) is 36.3 Å². The smallest absolute Gasteiger partial charge is 0.298 e. The number of ether oxygens (including phenoxy) is 4. The van der Waals surface area contributed by atoms with E-state index in [0.29, 0.717) is 36.7 Å². The molecule has 0 saturated heterocycles. The molecule has 0 bridgehead atoms. The first-order valence-corrected chi connectivity index (χ1v) is 13.1. The minimum absolute atomic E-state index is 0.0188. The maximum Gasteiger partial charge on any atom is 0.298 e. The fraction of sp³-hybridized carbons (Fsp3) is 0.455. The highest BCUT2D eigenvalue weighted by Gasteiger charge is 2.31. The highest BCUT2D eigenvalue weighted by molar-refractivity contribution is 8.15. The van der Waals surface area contributed by atoms with Gasteiger partial charge in [0.15, 0.2) is 6.29 Å². The third kappa shape index (κ3) is 5.05. The number of aromatic nitrogens is 3. The minimum Gasteiger partial charge on any atom is -0.491 e. The van der Waals surface area contributed by atoms with E-state index in [-0.39, 0.29) is 16.7 Å². The summed E-state index contributed by atoms with van der Waals surface area (Å²) >= 11 is 1.55. The molecule has 1 atom stereocenters. The molecule has 1 aromatic carbocycles. The normalized spacial score (nSPS) is 16.3. The summed E-state index contributed by atoms with van der Waals surface area (Å²) in [5.41, 5.74) is 1.84. The molecule has 35 heavy (non-hydrogen) atoms. The topological polar surface area (TPSA) is 120 Å². The van der Waals surface area contributed by atoms with Gasteiger partial charge >= 0.3 is 0 Å². The zero-order chi connectivity index (χ0) is 25.2. The largest absolute Gasteiger partial charge is 0.491 e. The number of nitrogens with zero attached hydrogens (tertiary/aromatic N) is 4. The molecule has 13 heteroatoms. The summed E-state index contributed by atoms with van der Waals surface area (Å²) in [6.45, 7) is 1.28. The number of nitrogens with one attached hydrogen (secondary N) is 1. The van der Waals surface area contributed by atoms with Gasteiger partial charge in [0.2, 0.25) is 5.16 Å². The van der Waals surface area contributed by atoms with Gasteiger partial charge < -0.3 is 28.5 Å². The van der Waals surface area contributed by atoms with E-state index < -0.39 is 10.0 Å². The summed E-state index contributed by atoms with van der Waals surface area (Å²) in [6, 6.07) is 5.49. The number of aryl methyl sites for hydroxylation is 1. The number of sulfonamides is 1. The van der Waals surface area contributed by atoms with Crippen LogP contribution in [0.15, 0.2) is 40.7 Å². The average Bonchev–Trinajstić information content (AvgIpc) is 3.58. The van der Waals surface area contributed by atoms with Crippen LogP contribution in [0.4, 0.5) is 5.69 Å². The zero-order valence-electron chi connectivity index (χ0n) is 20.2. The van der Waals surface area contributed by atoms with Crippen LogP contribution >= 0.6 is 11.8 Å². The molecule has 11 nitrogen and oxygen atoms in total. The van der Waals surface area contributed by atoms with Crippen LogP contribution in [0.1, 0.15) is 5.69 Å². The molecule has 0 amide bonds. The monoisotopic (exact) mass is 523 g/mol. The van der Waals surface area contributed by atoms with Gasteiger partial charge in [0.25, 0.3) is 10.0 Å². The van der Waals surface area contributed by atoms with Crippen LogP contribution in [0.2, 0.25) is 0 Å². The van der Waals surface area contributed by atoms with Crippen LogP contribution < -0.4 is 9.04 Å². The van der Waals surface area contributed by atoms with Crippen LogP contribution in [0.3, 0.4) is 0 Å². The molecule has 0 aliphatic carbocycles. The van der Waals surface area contributed by atoms with Gasteiger partial charge in [0.1, 0.15) is 17.4 Å². The SMILES string of the molecule is COCCOc1cc(N(C)S(=O)(=O)c2nccn2C)c2[nH]c(C3=NCC(C(OC)OC)S3)cc2c1. The van der Waals surface area contributed by atoms with Crippen LogP contribution in [0.5, 0.6) is 5.75 Å². The van der Waals surface area contributed by atoms with Gasteiger partial charge in [-0.25, -0.2) is 4.98 Å². The Hall–Kier alpha value is -2.58. The summed E-state index contributed by atoms with van der Waals surface area (Å²) in [7, 11) is 4.00. The third-order valence-electron chi connectivity index (χ3n) is 5.62. The van der Waals surface area contributed by atoms with Crippen molar-refractivity contribution in [2.24, 2.45) is 12.0 Å². The lowest BCUT2D eigenvalue weighted by atomic mass is 10.2. The fourth-order valence-electron chi connectivity index (χ4n) is 3.82. The summed E-state index contributed by atoms with van der Waals surface area (Å²) in [6.07, 6.45) is 2.66. The number of fused-ring (bicyclic) bond motifs is 1. The molecule has 0 saturated carbocycles. The molecule has 0 fully saturated rings. The molecule has 2 aromatic heterocycles. The Morgan fingerprint density at radius 3 is 2.66 bits per heavy atom. The molecule has 4 rings (SSSR count). The number of imidazole rings is 1. The Kier molecular flexibility index (Phi) is 7.71. The number of rotatable bonds is 11. The second kappa shape index (κ2) is 10.6. The second-order valence-corrected chi connectivity index (χ2v) is 11.0. The molecule has 1 N–H and O–H groups in total. The van der Waals surface area contributed by atoms with Crippen molar-refractivity contribution >= 4 is 43.4 Å². The molecule has 0 spiro atoms. The summed E-state index contributed by atoms with van der Waals surface area (Å²) in [5, 5.41) is 1.54. The van der Waals surface area contributed by atoms with Gasteiger partial charge in [0, 0.05) is 59.3 Å². The number of benzene rings is 1. The van der Waals surface area contributed by atoms with Crippen LogP contribution in [-0.4, -0.2) is 87.7 Å². The van der Waals surface area contributed by atoms with E-state index in [1.54, 1.807) is 52.4 Å². The van der Waals surface area contributed by atoms with E-state index in [0.717, 1.165) is 16.1 Å². The molecule has 1 aliphatic heterocycles. The Balaban J connectivity index is 1.74. The predicted octanol–water partition coefficient (Wildman–Crippen LogP) is 2.23. The number of H-pyrrole nitrogens is 1. The van der Waals surface area contributed by atoms with E-state index in [2.05, 4.69) is 15.0 Å². The fourth-order valence-corrected chi connectivity index (χ4v) is 6.24. The predicted molar refractivity (Wildman–Crippen MR) is 135 cm³/mol. The van der Waals surface area contributed by atoms with Gasteiger partial charge in [-0.3, -0.25) is 9.30 Å². The lowest BCUT2D eigenvalue weighted by Crippen LogP contribution is -2.29. The summed E-state index contributed by atoms with van der Waals surface area (Å²) in [4.78, 5) is 12.1. The number of aromatic amines is 1. The highest BCUT2D eigenvalue weighted by atomic mass is 32.2. The van der Waals surface area contributed by atoms with Crippen molar-refractivity contribution < 1.29 is 27.4 Å². The Morgan fingerprint density at radius 2 is 2.00 bits per heavy atom. The van der Waals surface area contributed by atoms with Gasteiger partial charge in [-0.05, 0) is 12.1 Å². The maximum absolute atomic E-state index is 13.4. The zero-order valence-corrected chi connectivity index (χ0v) is 21.9. The maximum atomic E-state index is 13.4. The average molecular weight is 524 g/mol. The van der Waals surface area contributed by atoms with E-state index in [1.165, 1.54) is 22.1 Å². The number of thioether (sulfide) groups is 1. The Bertz CT molecular complexity index is 1320. The first-order valence-electron chi connectivity index (χ1n) is 10.8. The van der Waals surface area contributed by atoms with Crippen molar-refractivity contribution in [1.82, 2.24) is 14.5 Å². The first kappa shape index (κ1) is 25.5. The summed E-state index contributed by atoms with van der Waals surface area (Å²) < 4.78 is 51.1. The number of anilines is 1. The van der Waals surface area contributed by atoms with Crippen molar-refractivity contribution in [3.63, 3.8) is 0 Å². The van der Waals surface area contributed by atoms with Crippen molar-refractivity contribution in [1.29, 1.82) is 0 Å². The highest BCUT2D eigenvalue weighted by Crippen LogP contribution is 2.36. The number of aliphatic imine (C=N–C) groups is 1. The molecule has 1 aliphatic rings. The molecular formula is C22H29N5O6S2. The lowest BCUT2D eigenvalue weighted by Gasteiger charge is -2.20. The molecule has 3 heterocycles. The number of hydrogen-bond donors (Lipinski definition) is 1. The van der Waals surface area contributed by atoms with Gasteiger partial charge in [-0.15, -0.1) is 0 Å². The number of hydrogen-bond acceptors (Lipinski definition) is 9. The van der Waals surface area contributed by atoms with E-state index >= 15 is 0 Å². The third-order valence-corrected chi connectivity index (χ3v) is 8.64. The van der Waals surface area contributed by atoms with Crippen molar-refractivity contribution in [2.75, 3.05) is 52.4 Å². The van der Waals surface area contributed by atoms with Crippen LogP contribution in [-0.2, 0) is 31.3 Å². The Labute approximate surface area is 208 Å². The molecular weight excluding hydrogens is 494 g/mol. The van der Waals surface area contributed by atoms with Gasteiger partial charge in [-0.1, -0.05) is 11.8 Å². The molecule has 1 unspecified atom stereocenters. The van der Waals surface area contributed by atoms with Crippen LogP contribution in [0.25, 0.3) is 10.9 Å². The number of methoxy groups -OCH3 is 3. The van der Waals surface area contributed by atoms with Crippen LogP contribution in [0, 0.1) is 0 Å². The second-order valence-electron chi connectivity index (χ2n) is 7.87. The van der Waals surface area contributed by atoms with Crippen molar-refractivity contribution in [2.45, 2.75) is 16.7 Å². The van der Waals surface area contributed by atoms with Gasteiger partial charge in [-0.2, -0.15) is 8.42 Å². The van der Waals surface area contributed by atoms with E-state index in [4.69, 9.17) is 18.9 Å². The van der Waals surface area contributed by atoms with Crippen molar-refractivity contribution in [3.8, 4) is 5.75 Å². The molecule has 0 radical (unpaired) electrons. The Morgan fingerprint density at radius 1 is 1.23 bits per heavy atom. The standard InChI is InChI=1S/C22H29N5O6S2/c1-26-7-6-23-22(26)35(28,29)27(2)17-12-15(33-9-8-30-3)10-14-11-16(25-19(14)17)20-24-13-18(34-20)21(31-4)32-5/h6-7,10-12,18,21,25H,8-9,13H2,1-5H3. The van der Waals surface area contributed by atoms with E-state index in [9.17, 15) is 8.42 Å². The lowest BCUT2D eigenvalue weighted by molar-refractivity contribution is -0.0994. The quantitative estimate of drug-likeness (QED) is 0.300. The van der Waals surface area contributed by atoms with Gasteiger partial charge in [0.05, 0.1) is 35.3 Å². The minimum atomic E-state index is -3.93. The summed E-state index contributed by atoms with van der Waals surface area (Å²) in [5.74, 6) is 0.523.